The lowest BCUT2D eigenvalue weighted by Gasteiger charge is -2.20. The topological polar surface area (TPSA) is 46.5 Å². The highest BCUT2D eigenvalue weighted by Gasteiger charge is 2.20. The number of rotatable bonds is 4. The first-order valence-corrected chi connectivity index (χ1v) is 10.9. The SMILES string of the molecule is Clc1ccccc1Cn1cc(-c2c(Cl)cnc3[nH]c(C4CCCCC4)cc23)cn1. The Hall–Kier alpha value is -2.30. The van der Waals surface area contributed by atoms with Gasteiger partial charge in [-0.1, -0.05) is 60.7 Å². The van der Waals surface area contributed by atoms with E-state index in [1.807, 2.05) is 41.3 Å². The summed E-state index contributed by atoms with van der Waals surface area (Å²) in [5.74, 6) is 0.590. The summed E-state index contributed by atoms with van der Waals surface area (Å²) in [5, 5.41) is 7.00. The summed E-state index contributed by atoms with van der Waals surface area (Å²) < 4.78 is 1.90. The van der Waals surface area contributed by atoms with Crippen molar-refractivity contribution in [2.24, 2.45) is 0 Å². The molecule has 29 heavy (non-hydrogen) atoms. The molecule has 1 saturated carbocycles. The third-order valence-corrected chi connectivity index (χ3v) is 6.55. The van der Waals surface area contributed by atoms with Crippen LogP contribution >= 0.6 is 23.2 Å². The minimum atomic E-state index is 0.590. The fourth-order valence-corrected chi connectivity index (χ4v) is 4.83. The second-order valence-electron chi connectivity index (χ2n) is 7.82. The highest BCUT2D eigenvalue weighted by Crippen LogP contribution is 2.38. The molecule has 1 aliphatic rings. The van der Waals surface area contributed by atoms with Crippen LogP contribution in [0, 0.1) is 0 Å². The number of benzene rings is 1. The number of halogens is 2. The number of hydrogen-bond acceptors (Lipinski definition) is 2. The van der Waals surface area contributed by atoms with Crippen LogP contribution in [-0.2, 0) is 6.54 Å². The molecule has 1 aliphatic carbocycles. The van der Waals surface area contributed by atoms with Gasteiger partial charge in [0.15, 0.2) is 0 Å². The highest BCUT2D eigenvalue weighted by atomic mass is 35.5. The van der Waals surface area contributed by atoms with E-state index in [9.17, 15) is 0 Å². The molecule has 3 heterocycles. The summed E-state index contributed by atoms with van der Waals surface area (Å²) in [6, 6.07) is 10.1. The molecule has 3 aromatic heterocycles. The lowest BCUT2D eigenvalue weighted by molar-refractivity contribution is 0.438. The van der Waals surface area contributed by atoms with E-state index < -0.39 is 0 Å². The van der Waals surface area contributed by atoms with Gasteiger partial charge in [-0.25, -0.2) is 4.98 Å². The van der Waals surface area contributed by atoms with Gasteiger partial charge in [-0.15, -0.1) is 0 Å². The first kappa shape index (κ1) is 18.7. The minimum Gasteiger partial charge on any atom is -0.343 e. The van der Waals surface area contributed by atoms with E-state index in [0.29, 0.717) is 17.5 Å². The van der Waals surface area contributed by atoms with Gasteiger partial charge in [0.2, 0.25) is 0 Å². The number of aromatic nitrogens is 4. The predicted octanol–water partition coefficient (Wildman–Crippen LogP) is 6.83. The van der Waals surface area contributed by atoms with Crippen LogP contribution in [0.25, 0.3) is 22.2 Å². The lowest BCUT2D eigenvalue weighted by Crippen LogP contribution is -2.04. The zero-order valence-corrected chi connectivity index (χ0v) is 17.5. The Morgan fingerprint density at radius 1 is 1.03 bits per heavy atom. The zero-order valence-electron chi connectivity index (χ0n) is 16.0. The van der Waals surface area contributed by atoms with Gasteiger partial charge in [0.05, 0.1) is 17.8 Å². The number of hydrogen-bond donors (Lipinski definition) is 1. The summed E-state index contributed by atoms with van der Waals surface area (Å²) in [5.41, 5.74) is 5.18. The number of nitrogens with zero attached hydrogens (tertiary/aromatic N) is 3. The first-order chi connectivity index (χ1) is 14.2. The molecular formula is C23H22Cl2N4. The summed E-state index contributed by atoms with van der Waals surface area (Å²) in [4.78, 5) is 8.08. The smallest absolute Gasteiger partial charge is 0.138 e. The van der Waals surface area contributed by atoms with Crippen molar-refractivity contribution in [1.29, 1.82) is 0 Å². The van der Waals surface area contributed by atoms with Crippen molar-refractivity contribution in [3.8, 4) is 11.1 Å². The summed E-state index contributed by atoms with van der Waals surface area (Å²) in [7, 11) is 0. The Morgan fingerprint density at radius 2 is 1.86 bits per heavy atom. The normalized spacial score (nSPS) is 15.2. The second-order valence-corrected chi connectivity index (χ2v) is 8.64. The molecule has 0 radical (unpaired) electrons. The van der Waals surface area contributed by atoms with Crippen LogP contribution in [0.3, 0.4) is 0 Å². The maximum atomic E-state index is 6.59. The van der Waals surface area contributed by atoms with E-state index in [-0.39, 0.29) is 0 Å². The van der Waals surface area contributed by atoms with Gasteiger partial charge in [0.25, 0.3) is 0 Å². The van der Waals surface area contributed by atoms with E-state index in [4.69, 9.17) is 23.2 Å². The van der Waals surface area contributed by atoms with Crippen LogP contribution in [0.2, 0.25) is 10.0 Å². The van der Waals surface area contributed by atoms with Gasteiger partial charge in [0, 0.05) is 39.6 Å². The zero-order chi connectivity index (χ0) is 19.8. The lowest BCUT2D eigenvalue weighted by atomic mass is 9.87. The Bertz CT molecular complexity index is 1150. The molecule has 0 saturated heterocycles. The largest absolute Gasteiger partial charge is 0.343 e. The molecule has 0 atom stereocenters. The van der Waals surface area contributed by atoms with E-state index in [2.05, 4.69) is 21.1 Å². The highest BCUT2D eigenvalue weighted by molar-refractivity contribution is 6.34. The van der Waals surface area contributed by atoms with Crippen molar-refractivity contribution in [2.45, 2.75) is 44.6 Å². The van der Waals surface area contributed by atoms with Gasteiger partial charge in [0.1, 0.15) is 5.65 Å². The van der Waals surface area contributed by atoms with E-state index in [1.54, 1.807) is 6.20 Å². The molecule has 148 valence electrons. The predicted molar refractivity (Wildman–Crippen MR) is 119 cm³/mol. The average Bonchev–Trinajstić information content (AvgIpc) is 3.37. The first-order valence-electron chi connectivity index (χ1n) is 10.1. The van der Waals surface area contributed by atoms with Crippen molar-refractivity contribution in [3.05, 3.63) is 70.2 Å². The molecule has 0 aliphatic heterocycles. The Morgan fingerprint density at radius 3 is 2.69 bits per heavy atom. The molecule has 4 nitrogen and oxygen atoms in total. The summed E-state index contributed by atoms with van der Waals surface area (Å²) >= 11 is 12.9. The van der Waals surface area contributed by atoms with E-state index in [0.717, 1.165) is 32.7 Å². The molecule has 5 rings (SSSR count). The van der Waals surface area contributed by atoms with Gasteiger partial charge in [-0.3, -0.25) is 4.68 Å². The Balaban J connectivity index is 1.51. The average molecular weight is 425 g/mol. The molecule has 1 aromatic carbocycles. The Labute approximate surface area is 179 Å². The molecule has 0 unspecified atom stereocenters. The van der Waals surface area contributed by atoms with Crippen LogP contribution < -0.4 is 0 Å². The van der Waals surface area contributed by atoms with Crippen molar-refractivity contribution in [2.75, 3.05) is 0 Å². The van der Waals surface area contributed by atoms with Gasteiger partial charge >= 0.3 is 0 Å². The van der Waals surface area contributed by atoms with Gasteiger partial charge in [-0.2, -0.15) is 5.10 Å². The van der Waals surface area contributed by atoms with Crippen molar-refractivity contribution in [3.63, 3.8) is 0 Å². The minimum absolute atomic E-state index is 0.590. The fraction of sp³-hybridized carbons (Fsp3) is 0.304. The standard InChI is InChI=1S/C23H22Cl2N4/c24-19-9-5-4-8-16(19)13-29-14-17(11-27-29)22-18-10-21(15-6-2-1-3-7-15)28-23(18)26-12-20(22)25/h4-5,8-12,14-15H,1-3,6-7,13H2,(H,26,28). The van der Waals surface area contributed by atoms with Gasteiger partial charge in [-0.05, 0) is 36.5 Å². The molecule has 0 amide bonds. The van der Waals surface area contributed by atoms with E-state index in [1.165, 1.54) is 37.8 Å². The van der Waals surface area contributed by atoms with Crippen LogP contribution in [0.15, 0.2) is 48.9 Å². The fourth-order valence-electron chi connectivity index (χ4n) is 4.38. The maximum Gasteiger partial charge on any atom is 0.138 e. The van der Waals surface area contributed by atoms with E-state index >= 15 is 0 Å². The number of fused-ring (bicyclic) bond motifs is 1. The molecule has 1 fully saturated rings. The van der Waals surface area contributed by atoms with Crippen LogP contribution in [0.1, 0.15) is 49.3 Å². The number of nitrogens with one attached hydrogen (secondary N) is 1. The molecule has 0 bridgehead atoms. The monoisotopic (exact) mass is 424 g/mol. The second kappa shape index (κ2) is 7.85. The maximum absolute atomic E-state index is 6.59. The van der Waals surface area contributed by atoms with Crippen LogP contribution in [0.4, 0.5) is 0 Å². The van der Waals surface area contributed by atoms with Crippen molar-refractivity contribution in [1.82, 2.24) is 19.7 Å². The summed E-state index contributed by atoms with van der Waals surface area (Å²) in [6.45, 7) is 0.617. The van der Waals surface area contributed by atoms with Crippen LogP contribution in [-0.4, -0.2) is 19.7 Å². The molecule has 4 aromatic rings. The van der Waals surface area contributed by atoms with Gasteiger partial charge < -0.3 is 4.98 Å². The third-order valence-electron chi connectivity index (χ3n) is 5.89. The molecule has 6 heteroatoms. The number of aromatic amines is 1. The quantitative estimate of drug-likeness (QED) is 0.390. The third kappa shape index (κ3) is 3.67. The number of H-pyrrole nitrogens is 1. The number of pyridine rings is 1. The van der Waals surface area contributed by atoms with Crippen molar-refractivity contribution >= 4 is 34.2 Å². The Kier molecular flexibility index (Phi) is 5.06. The van der Waals surface area contributed by atoms with Crippen molar-refractivity contribution < 1.29 is 0 Å². The van der Waals surface area contributed by atoms with Crippen LogP contribution in [0.5, 0.6) is 0 Å². The molecule has 1 N–H and O–H groups in total. The summed E-state index contributed by atoms with van der Waals surface area (Å²) in [6.07, 6.45) is 12.0. The molecule has 0 spiro atoms. The molecular weight excluding hydrogens is 403 g/mol.